The van der Waals surface area contributed by atoms with Crippen molar-refractivity contribution in [2.45, 2.75) is 20.8 Å². The van der Waals surface area contributed by atoms with Crippen molar-refractivity contribution in [3.8, 4) is 0 Å². The lowest BCUT2D eigenvalue weighted by atomic mass is 10.3. The van der Waals surface area contributed by atoms with Crippen molar-refractivity contribution in [2.24, 2.45) is 0 Å². The van der Waals surface area contributed by atoms with E-state index in [1.807, 2.05) is 27.8 Å². The first kappa shape index (κ1) is 10.1. The highest BCUT2D eigenvalue weighted by Gasteiger charge is 1.93. The van der Waals surface area contributed by atoms with E-state index in [2.05, 4.69) is 11.9 Å². The van der Waals surface area contributed by atoms with Gasteiger partial charge in [-0.2, -0.15) is 0 Å². The summed E-state index contributed by atoms with van der Waals surface area (Å²) in [5.74, 6) is 0.974. The lowest BCUT2D eigenvalue weighted by Crippen LogP contribution is -2.10. The fourth-order valence-electron chi connectivity index (χ4n) is 0.412. The minimum Gasteiger partial charge on any atom is -0.492 e. The molecule has 0 aliphatic rings. The Labute approximate surface area is 68.9 Å². The molecule has 0 atom stereocenters. The monoisotopic (exact) mass is 155 g/mol. The maximum atomic E-state index is 5.37. The molecule has 1 N–H and O–H groups in total. The van der Waals surface area contributed by atoms with Gasteiger partial charge in [0.1, 0.15) is 6.61 Å². The van der Waals surface area contributed by atoms with Gasteiger partial charge in [0.2, 0.25) is 0 Å². The van der Waals surface area contributed by atoms with E-state index >= 15 is 0 Å². The summed E-state index contributed by atoms with van der Waals surface area (Å²) >= 11 is 0. The highest BCUT2D eigenvalue weighted by molar-refractivity contribution is 5.01. The van der Waals surface area contributed by atoms with Crippen LogP contribution in [0.3, 0.4) is 0 Å². The Hall–Kier alpha value is -0.920. The summed E-state index contributed by atoms with van der Waals surface area (Å²) in [4.78, 5) is 0. The molecule has 0 saturated heterocycles. The molecule has 2 heteroatoms. The van der Waals surface area contributed by atoms with Crippen molar-refractivity contribution >= 4 is 0 Å². The molecular formula is C9H17NO. The number of hydrogen-bond donors (Lipinski definition) is 1. The lowest BCUT2D eigenvalue weighted by Gasteiger charge is -2.09. The van der Waals surface area contributed by atoms with E-state index in [-0.39, 0.29) is 0 Å². The summed E-state index contributed by atoms with van der Waals surface area (Å²) in [5, 5.41) is 2.92. The van der Waals surface area contributed by atoms with E-state index in [0.717, 1.165) is 11.5 Å². The van der Waals surface area contributed by atoms with E-state index in [0.29, 0.717) is 6.61 Å². The number of nitrogens with one attached hydrogen (secondary N) is 1. The summed E-state index contributed by atoms with van der Waals surface area (Å²) in [5.41, 5.74) is 2.10. The van der Waals surface area contributed by atoms with Crippen LogP contribution in [0.25, 0.3) is 0 Å². The molecule has 0 rings (SSSR count). The third-order valence-corrected chi connectivity index (χ3v) is 1.52. The molecule has 0 amide bonds. The number of hydrogen-bond acceptors (Lipinski definition) is 2. The molecule has 2 nitrogen and oxygen atoms in total. The highest BCUT2D eigenvalue weighted by Crippen LogP contribution is 2.03. The van der Waals surface area contributed by atoms with Crippen LogP contribution in [0.2, 0.25) is 0 Å². The minimum absolute atomic E-state index is 0.549. The molecule has 0 unspecified atom stereocenters. The quantitative estimate of drug-likeness (QED) is 0.627. The number of ether oxygens (including phenoxy) is 1. The summed E-state index contributed by atoms with van der Waals surface area (Å²) in [6.45, 7) is 10.3. The molecule has 0 aliphatic heterocycles. The van der Waals surface area contributed by atoms with Crippen LogP contribution >= 0.6 is 0 Å². The number of likely N-dealkylation sites (N-methyl/N-ethyl adjacent to an activating group) is 1. The van der Waals surface area contributed by atoms with Gasteiger partial charge in [-0.25, -0.2) is 0 Å². The molecule has 0 bridgehead atoms. The molecule has 11 heavy (non-hydrogen) atoms. The third-order valence-electron chi connectivity index (χ3n) is 1.52. The van der Waals surface area contributed by atoms with Gasteiger partial charge in [-0.3, -0.25) is 0 Å². The second kappa shape index (κ2) is 4.83. The smallest absolute Gasteiger partial charge is 0.127 e. The normalized spacial score (nSPS) is 8.73. The Balaban J connectivity index is 3.72. The van der Waals surface area contributed by atoms with Crippen LogP contribution in [-0.2, 0) is 4.74 Å². The Morgan fingerprint density at radius 1 is 1.36 bits per heavy atom. The van der Waals surface area contributed by atoms with E-state index in [1.54, 1.807) is 0 Å². The average Bonchev–Trinajstić information content (AvgIpc) is 1.99. The first-order valence-electron chi connectivity index (χ1n) is 3.70. The Morgan fingerprint density at radius 2 is 1.91 bits per heavy atom. The number of rotatable bonds is 4. The molecule has 0 aromatic heterocycles. The van der Waals surface area contributed by atoms with Crippen LogP contribution in [-0.4, -0.2) is 13.7 Å². The summed E-state index contributed by atoms with van der Waals surface area (Å²) in [7, 11) is 1.84. The van der Waals surface area contributed by atoms with Gasteiger partial charge in [0.05, 0.1) is 5.76 Å². The van der Waals surface area contributed by atoms with E-state index in [1.165, 1.54) is 5.57 Å². The van der Waals surface area contributed by atoms with E-state index < -0.39 is 0 Å². The molecule has 0 heterocycles. The molecule has 0 aliphatic carbocycles. The van der Waals surface area contributed by atoms with Gasteiger partial charge in [-0.15, -0.1) is 0 Å². The fraction of sp³-hybridized carbons (Fsp3) is 0.556. The van der Waals surface area contributed by atoms with Crippen LogP contribution in [0.1, 0.15) is 20.8 Å². The Kier molecular flexibility index (Phi) is 4.42. The zero-order valence-corrected chi connectivity index (χ0v) is 7.82. The molecule has 0 spiro atoms. The van der Waals surface area contributed by atoms with Gasteiger partial charge in [0.25, 0.3) is 0 Å². The topological polar surface area (TPSA) is 21.3 Å². The highest BCUT2D eigenvalue weighted by atomic mass is 16.5. The third kappa shape index (κ3) is 4.48. The average molecular weight is 155 g/mol. The Bertz CT molecular complexity index is 166. The van der Waals surface area contributed by atoms with Crippen molar-refractivity contribution in [1.82, 2.24) is 5.32 Å². The van der Waals surface area contributed by atoms with Crippen LogP contribution in [0.5, 0.6) is 0 Å². The van der Waals surface area contributed by atoms with Crippen molar-refractivity contribution < 1.29 is 4.74 Å². The van der Waals surface area contributed by atoms with Crippen LogP contribution < -0.4 is 5.32 Å². The lowest BCUT2D eigenvalue weighted by molar-refractivity contribution is 0.233. The second-order valence-corrected chi connectivity index (χ2v) is 2.70. The van der Waals surface area contributed by atoms with Crippen molar-refractivity contribution in [2.75, 3.05) is 13.7 Å². The molecule has 0 saturated carbocycles. The molecule has 0 aromatic carbocycles. The molecular weight excluding hydrogens is 138 g/mol. The Morgan fingerprint density at radius 3 is 2.27 bits per heavy atom. The van der Waals surface area contributed by atoms with Crippen molar-refractivity contribution in [1.29, 1.82) is 0 Å². The number of allylic oxidation sites excluding steroid dienone is 2. The molecule has 0 aromatic rings. The maximum absolute atomic E-state index is 5.37. The predicted octanol–water partition coefficient (Wildman–Crippen LogP) is 2.05. The van der Waals surface area contributed by atoms with Gasteiger partial charge in [0.15, 0.2) is 0 Å². The van der Waals surface area contributed by atoms with Crippen molar-refractivity contribution in [3.63, 3.8) is 0 Å². The summed E-state index contributed by atoms with van der Waals surface area (Å²) in [6, 6.07) is 0. The summed E-state index contributed by atoms with van der Waals surface area (Å²) in [6.07, 6.45) is 0. The first-order valence-corrected chi connectivity index (χ1v) is 3.70. The predicted molar refractivity (Wildman–Crippen MR) is 48.2 cm³/mol. The maximum Gasteiger partial charge on any atom is 0.127 e. The van der Waals surface area contributed by atoms with E-state index in [9.17, 15) is 0 Å². The van der Waals surface area contributed by atoms with Gasteiger partial charge in [-0.05, 0) is 26.3 Å². The van der Waals surface area contributed by atoms with Gasteiger partial charge >= 0.3 is 0 Å². The minimum atomic E-state index is 0.549. The standard InChI is InChI=1S/C9H17NO/c1-7(2)9(4)11-6-8(3)10-5/h10H,3,6H2,1-2,4-5H3. The zero-order chi connectivity index (χ0) is 8.85. The zero-order valence-electron chi connectivity index (χ0n) is 7.82. The SMILES string of the molecule is C=C(COC(C)=C(C)C)NC. The van der Waals surface area contributed by atoms with Gasteiger partial charge < -0.3 is 10.1 Å². The molecule has 64 valence electrons. The van der Waals surface area contributed by atoms with E-state index in [4.69, 9.17) is 4.74 Å². The van der Waals surface area contributed by atoms with Gasteiger partial charge in [-0.1, -0.05) is 6.58 Å². The van der Waals surface area contributed by atoms with Crippen LogP contribution in [0.4, 0.5) is 0 Å². The molecule has 0 radical (unpaired) electrons. The van der Waals surface area contributed by atoms with Crippen LogP contribution in [0, 0.1) is 0 Å². The first-order chi connectivity index (χ1) is 5.07. The van der Waals surface area contributed by atoms with Crippen molar-refractivity contribution in [3.05, 3.63) is 23.6 Å². The van der Waals surface area contributed by atoms with Gasteiger partial charge in [0, 0.05) is 12.7 Å². The van der Waals surface area contributed by atoms with Crippen LogP contribution in [0.15, 0.2) is 23.6 Å². The second-order valence-electron chi connectivity index (χ2n) is 2.70. The largest absolute Gasteiger partial charge is 0.492 e. The summed E-state index contributed by atoms with van der Waals surface area (Å²) < 4.78 is 5.37. The molecule has 0 fully saturated rings. The fourth-order valence-corrected chi connectivity index (χ4v) is 0.412.